The van der Waals surface area contributed by atoms with Gasteiger partial charge in [0.15, 0.2) is 0 Å². The summed E-state index contributed by atoms with van der Waals surface area (Å²) in [5, 5.41) is 2.41. The van der Waals surface area contributed by atoms with E-state index in [2.05, 4.69) is 0 Å². The van der Waals surface area contributed by atoms with Crippen molar-refractivity contribution in [3.05, 3.63) is 105 Å². The Morgan fingerprint density at radius 1 is 0.600 bits per heavy atom. The third-order valence-electron chi connectivity index (χ3n) is 3.70. The third kappa shape index (κ3) is 4.77. The van der Waals surface area contributed by atoms with Gasteiger partial charge >= 0.3 is 0 Å². The van der Waals surface area contributed by atoms with E-state index in [1.165, 1.54) is 0 Å². The minimum atomic E-state index is -0.266. The first-order valence-electron chi connectivity index (χ1n) is 7.53. The maximum absolute atomic E-state index is 6.47. The van der Waals surface area contributed by atoms with Crippen molar-refractivity contribution in [1.82, 2.24) is 0 Å². The molecule has 3 aromatic rings. The van der Waals surface area contributed by atoms with E-state index in [4.69, 9.17) is 51.4 Å². The quantitative estimate of drug-likeness (QED) is 0.398. The van der Waals surface area contributed by atoms with Crippen LogP contribution in [0.15, 0.2) is 77.8 Å². The molecule has 0 aliphatic rings. The van der Waals surface area contributed by atoms with E-state index in [-0.39, 0.29) is 6.04 Å². The fourth-order valence-corrected chi connectivity index (χ4v) is 3.01. The molecule has 0 unspecified atom stereocenters. The van der Waals surface area contributed by atoms with Crippen LogP contribution in [0.5, 0.6) is 0 Å². The van der Waals surface area contributed by atoms with Crippen molar-refractivity contribution in [3.63, 3.8) is 0 Å². The van der Waals surface area contributed by atoms with Gasteiger partial charge in [0.05, 0.1) is 0 Å². The number of nitrogens with zero attached hydrogens (tertiary/aromatic N) is 1. The van der Waals surface area contributed by atoms with E-state index in [1.807, 2.05) is 60.7 Å². The summed E-state index contributed by atoms with van der Waals surface area (Å²) in [6.45, 7) is 0. The van der Waals surface area contributed by atoms with E-state index in [9.17, 15) is 0 Å². The van der Waals surface area contributed by atoms with Crippen LogP contribution < -0.4 is 0 Å². The van der Waals surface area contributed by atoms with E-state index < -0.39 is 0 Å². The Morgan fingerprint density at radius 3 is 1.36 bits per heavy atom. The lowest BCUT2D eigenvalue weighted by molar-refractivity contribution is 0.876. The first-order chi connectivity index (χ1) is 12.0. The highest BCUT2D eigenvalue weighted by molar-refractivity contribution is 6.69. The average molecular weight is 409 g/mol. The van der Waals surface area contributed by atoms with Crippen molar-refractivity contribution in [1.29, 1.82) is 0 Å². The Bertz CT molecular complexity index is 824. The molecule has 0 aromatic heterocycles. The molecule has 3 rings (SSSR count). The normalized spacial score (nSPS) is 11.8. The molecule has 0 aliphatic carbocycles. The van der Waals surface area contributed by atoms with Crippen molar-refractivity contribution >= 4 is 51.6 Å². The molecule has 0 radical (unpaired) electrons. The highest BCUT2D eigenvalue weighted by Crippen LogP contribution is 2.29. The number of halogens is 4. The van der Waals surface area contributed by atoms with Crippen LogP contribution in [0.2, 0.25) is 15.1 Å². The van der Waals surface area contributed by atoms with Crippen molar-refractivity contribution in [3.8, 4) is 0 Å². The molecule has 126 valence electrons. The zero-order valence-corrected chi connectivity index (χ0v) is 16.0. The third-order valence-corrected chi connectivity index (χ3v) is 4.77. The molecular formula is C20H13Cl4N. The monoisotopic (exact) mass is 407 g/mol. The van der Waals surface area contributed by atoms with E-state index >= 15 is 0 Å². The molecule has 0 saturated carbocycles. The van der Waals surface area contributed by atoms with Gasteiger partial charge in [-0.05, 0) is 47.5 Å². The number of hydrogen-bond acceptors (Lipinski definition) is 1. The lowest BCUT2D eigenvalue weighted by Crippen LogP contribution is -2.02. The predicted octanol–water partition coefficient (Wildman–Crippen LogP) is 7.42. The second-order valence-electron chi connectivity index (χ2n) is 5.43. The predicted molar refractivity (Wildman–Crippen MR) is 109 cm³/mol. The van der Waals surface area contributed by atoms with Crippen LogP contribution in [0.25, 0.3) is 0 Å². The van der Waals surface area contributed by atoms with Gasteiger partial charge in [-0.3, -0.25) is 4.99 Å². The second kappa shape index (κ2) is 8.25. The summed E-state index contributed by atoms with van der Waals surface area (Å²) in [7, 11) is 0. The van der Waals surface area contributed by atoms with Crippen LogP contribution in [-0.2, 0) is 0 Å². The molecule has 0 saturated heterocycles. The summed E-state index contributed by atoms with van der Waals surface area (Å²) in [4.78, 5) is 4.73. The van der Waals surface area contributed by atoms with Gasteiger partial charge in [-0.25, -0.2) is 0 Å². The Hall–Kier alpha value is -1.51. The van der Waals surface area contributed by atoms with E-state index in [1.54, 1.807) is 12.1 Å². The second-order valence-corrected chi connectivity index (χ2v) is 7.10. The minimum Gasteiger partial charge on any atom is -0.260 e. The SMILES string of the molecule is ClC(=NC(c1ccc(Cl)cc1)c1ccc(Cl)cc1)c1ccc(Cl)cc1. The largest absolute Gasteiger partial charge is 0.260 e. The molecule has 0 atom stereocenters. The van der Waals surface area contributed by atoms with Crippen LogP contribution in [0.4, 0.5) is 0 Å². The molecule has 5 heteroatoms. The van der Waals surface area contributed by atoms with E-state index in [0.717, 1.165) is 16.7 Å². The zero-order valence-electron chi connectivity index (χ0n) is 13.0. The van der Waals surface area contributed by atoms with E-state index in [0.29, 0.717) is 20.2 Å². The zero-order chi connectivity index (χ0) is 17.8. The molecule has 0 N–H and O–H groups in total. The highest BCUT2D eigenvalue weighted by Gasteiger charge is 2.15. The molecule has 0 aliphatic heterocycles. The Morgan fingerprint density at radius 2 is 0.960 bits per heavy atom. The fraction of sp³-hybridized carbons (Fsp3) is 0.0500. The lowest BCUT2D eigenvalue weighted by Gasteiger charge is -2.15. The first kappa shape index (κ1) is 18.3. The summed E-state index contributed by atoms with van der Waals surface area (Å²) in [5.74, 6) is 0. The molecule has 1 nitrogen and oxygen atoms in total. The minimum absolute atomic E-state index is 0.266. The number of hydrogen-bond donors (Lipinski definition) is 0. The van der Waals surface area contributed by atoms with Crippen LogP contribution >= 0.6 is 46.4 Å². The molecule has 0 amide bonds. The van der Waals surface area contributed by atoms with Crippen molar-refractivity contribution in [2.45, 2.75) is 6.04 Å². The maximum Gasteiger partial charge on any atom is 0.131 e. The van der Waals surface area contributed by atoms with Gasteiger partial charge in [0.2, 0.25) is 0 Å². The molecule has 0 bridgehead atoms. The van der Waals surface area contributed by atoms with Crippen LogP contribution in [0.1, 0.15) is 22.7 Å². The summed E-state index contributed by atoms with van der Waals surface area (Å²) < 4.78 is 0. The lowest BCUT2D eigenvalue weighted by atomic mass is 9.99. The topological polar surface area (TPSA) is 12.4 Å². The van der Waals surface area contributed by atoms with Crippen molar-refractivity contribution < 1.29 is 0 Å². The smallest absolute Gasteiger partial charge is 0.131 e. The molecule has 3 aromatic carbocycles. The average Bonchev–Trinajstić information content (AvgIpc) is 2.62. The van der Waals surface area contributed by atoms with Crippen molar-refractivity contribution in [2.75, 3.05) is 0 Å². The standard InChI is InChI=1S/C20H13Cl4N/c21-16-7-1-13(2-8-16)19(14-3-9-17(22)10-4-14)25-20(24)15-5-11-18(23)12-6-15/h1-12,19H. The molecule has 0 fully saturated rings. The Labute approximate surface area is 166 Å². The van der Waals surface area contributed by atoms with Gasteiger partial charge in [-0.2, -0.15) is 0 Å². The van der Waals surface area contributed by atoms with Crippen molar-refractivity contribution in [2.24, 2.45) is 4.99 Å². The summed E-state index contributed by atoms with van der Waals surface area (Å²) in [6.07, 6.45) is 0. The fourth-order valence-electron chi connectivity index (χ4n) is 2.41. The Kier molecular flexibility index (Phi) is 6.03. The van der Waals surface area contributed by atoms with Gasteiger partial charge in [0.1, 0.15) is 11.2 Å². The summed E-state index contributed by atoms with van der Waals surface area (Å²) in [5.41, 5.74) is 2.77. The highest BCUT2D eigenvalue weighted by atomic mass is 35.5. The molecule has 0 heterocycles. The summed E-state index contributed by atoms with van der Waals surface area (Å²) >= 11 is 24.4. The van der Waals surface area contributed by atoms with Gasteiger partial charge in [0, 0.05) is 20.6 Å². The van der Waals surface area contributed by atoms with Gasteiger partial charge in [-0.1, -0.05) is 82.8 Å². The molecule has 0 spiro atoms. The van der Waals surface area contributed by atoms with Crippen LogP contribution in [-0.4, -0.2) is 5.17 Å². The van der Waals surface area contributed by atoms with Crippen LogP contribution in [0, 0.1) is 0 Å². The van der Waals surface area contributed by atoms with Gasteiger partial charge < -0.3 is 0 Å². The van der Waals surface area contributed by atoms with Crippen LogP contribution in [0.3, 0.4) is 0 Å². The molecular weight excluding hydrogens is 396 g/mol. The van der Waals surface area contributed by atoms with Gasteiger partial charge in [-0.15, -0.1) is 0 Å². The number of rotatable bonds is 4. The maximum atomic E-state index is 6.47. The number of aliphatic imine (C=N–C) groups is 1. The number of benzene rings is 3. The molecule has 25 heavy (non-hydrogen) atoms. The van der Waals surface area contributed by atoms with Gasteiger partial charge in [0.25, 0.3) is 0 Å². The summed E-state index contributed by atoms with van der Waals surface area (Å²) in [6, 6.07) is 22.1. The Balaban J connectivity index is 2.03. The first-order valence-corrected chi connectivity index (χ1v) is 9.04.